The summed E-state index contributed by atoms with van der Waals surface area (Å²) in [7, 11) is -8.06. The molecule has 27 heavy (non-hydrogen) atoms. The minimum absolute atomic E-state index is 0.0885. The van der Waals surface area contributed by atoms with E-state index in [2.05, 4.69) is 4.18 Å². The second kappa shape index (κ2) is 9.04. The molecule has 0 aromatic heterocycles. The lowest BCUT2D eigenvalue weighted by Crippen LogP contribution is -2.46. The van der Waals surface area contributed by atoms with E-state index >= 15 is 0 Å². The van der Waals surface area contributed by atoms with Crippen molar-refractivity contribution >= 4 is 18.4 Å². The molecule has 1 rings (SSSR count). The number of ether oxygens (including phenoxy) is 1. The summed E-state index contributed by atoms with van der Waals surface area (Å²) >= 11 is 0. The van der Waals surface area contributed by atoms with Crippen LogP contribution in [0, 0.1) is 0 Å². The summed E-state index contributed by atoms with van der Waals surface area (Å²) in [5, 5.41) is -0.215. The molecule has 0 amide bonds. The van der Waals surface area contributed by atoms with Crippen LogP contribution >= 0.6 is 0 Å². The zero-order valence-corrected chi connectivity index (χ0v) is 18.0. The molecule has 1 aromatic carbocycles. The van der Waals surface area contributed by atoms with Gasteiger partial charge in [0, 0.05) is 0 Å². The smallest absolute Gasteiger partial charge is 0.409 e. The van der Waals surface area contributed by atoms with Gasteiger partial charge < -0.3 is 9.16 Å². The molecule has 0 unspecified atom stereocenters. The van der Waals surface area contributed by atoms with E-state index in [0.717, 1.165) is 5.56 Å². The minimum atomic E-state index is -5.68. The summed E-state index contributed by atoms with van der Waals surface area (Å²) < 4.78 is 75.6. The Morgan fingerprint density at radius 1 is 1.04 bits per heavy atom. The van der Waals surface area contributed by atoms with Crippen molar-refractivity contribution in [3.8, 4) is 0 Å². The normalized spacial score (nSPS) is 15.0. The van der Waals surface area contributed by atoms with Crippen molar-refractivity contribution < 1.29 is 34.9 Å². The molecule has 0 spiro atoms. The van der Waals surface area contributed by atoms with Crippen LogP contribution in [0.25, 0.3) is 0 Å². The van der Waals surface area contributed by atoms with Crippen LogP contribution in [0.4, 0.5) is 13.2 Å². The highest BCUT2D eigenvalue weighted by atomic mass is 32.2. The lowest BCUT2D eigenvalue weighted by Gasteiger charge is -2.39. The Bertz CT molecular complexity index is 685. The Hall–Kier alpha value is -0.943. The molecule has 1 aromatic rings. The van der Waals surface area contributed by atoms with Crippen molar-refractivity contribution in [1.29, 1.82) is 0 Å². The standard InChI is InChI=1S/C17H27F3O5SSi/c1-16(2,3)27(4,5)25-15(13-24-26(21,22)17(18,19)20)12-23-11-14-9-7-6-8-10-14/h6-10,15H,11-13H2,1-5H3/t15-/m0/s1. The number of halogens is 3. The Labute approximate surface area is 160 Å². The second-order valence-electron chi connectivity index (χ2n) is 7.69. The summed E-state index contributed by atoms with van der Waals surface area (Å²) in [6, 6.07) is 9.20. The van der Waals surface area contributed by atoms with Crippen LogP contribution < -0.4 is 0 Å². The van der Waals surface area contributed by atoms with Gasteiger partial charge in [-0.25, -0.2) is 0 Å². The third-order valence-corrected chi connectivity index (χ3v) is 9.92. The van der Waals surface area contributed by atoms with Crippen molar-refractivity contribution in [2.45, 2.75) is 57.1 Å². The molecule has 156 valence electrons. The van der Waals surface area contributed by atoms with E-state index in [9.17, 15) is 21.6 Å². The molecule has 0 bridgehead atoms. The summed E-state index contributed by atoms with van der Waals surface area (Å²) in [5.74, 6) is 0. The van der Waals surface area contributed by atoms with Crippen LogP contribution in [0.15, 0.2) is 30.3 Å². The Balaban J connectivity index is 2.79. The van der Waals surface area contributed by atoms with Gasteiger partial charge in [-0.15, -0.1) is 0 Å². The van der Waals surface area contributed by atoms with E-state index < -0.39 is 36.7 Å². The monoisotopic (exact) mass is 428 g/mol. The molecule has 0 N–H and O–H groups in total. The van der Waals surface area contributed by atoms with Gasteiger partial charge >= 0.3 is 15.6 Å². The van der Waals surface area contributed by atoms with Gasteiger partial charge in [0.15, 0.2) is 8.32 Å². The van der Waals surface area contributed by atoms with Gasteiger partial charge in [-0.3, -0.25) is 4.18 Å². The third-order valence-electron chi connectivity index (χ3n) is 4.38. The fraction of sp³-hybridized carbons (Fsp3) is 0.647. The van der Waals surface area contributed by atoms with Crippen LogP contribution in [-0.2, 0) is 30.1 Å². The number of hydrogen-bond donors (Lipinski definition) is 0. The molecule has 0 radical (unpaired) electrons. The van der Waals surface area contributed by atoms with Gasteiger partial charge in [-0.2, -0.15) is 21.6 Å². The molecule has 0 aliphatic rings. The lowest BCUT2D eigenvalue weighted by atomic mass is 10.2. The predicted octanol–water partition coefficient (Wildman–Crippen LogP) is 4.46. The largest absolute Gasteiger partial charge is 0.523 e. The Morgan fingerprint density at radius 2 is 1.59 bits per heavy atom. The molecule has 0 saturated heterocycles. The zero-order chi connectivity index (χ0) is 20.9. The van der Waals surface area contributed by atoms with Crippen LogP contribution in [0.3, 0.4) is 0 Å². The number of alkyl halides is 3. The number of hydrogen-bond acceptors (Lipinski definition) is 5. The fourth-order valence-corrected chi connectivity index (χ4v) is 3.61. The molecule has 0 aliphatic heterocycles. The number of rotatable bonds is 9. The summed E-state index contributed by atoms with van der Waals surface area (Å²) in [6.45, 7) is 9.10. The highest BCUT2D eigenvalue weighted by Gasteiger charge is 2.48. The van der Waals surface area contributed by atoms with Gasteiger partial charge in [-0.1, -0.05) is 51.1 Å². The van der Waals surface area contributed by atoms with Crippen LogP contribution in [-0.4, -0.2) is 41.6 Å². The predicted molar refractivity (Wildman–Crippen MR) is 99.1 cm³/mol. The average Bonchev–Trinajstić information content (AvgIpc) is 2.51. The maximum atomic E-state index is 12.5. The quantitative estimate of drug-likeness (QED) is 0.330. The average molecular weight is 429 g/mol. The highest BCUT2D eigenvalue weighted by molar-refractivity contribution is 7.87. The van der Waals surface area contributed by atoms with E-state index in [4.69, 9.17) is 9.16 Å². The third kappa shape index (κ3) is 7.53. The summed E-state index contributed by atoms with van der Waals surface area (Å²) in [6.07, 6.45) is -0.938. The van der Waals surface area contributed by atoms with Crippen molar-refractivity contribution in [3.63, 3.8) is 0 Å². The first-order chi connectivity index (χ1) is 12.2. The topological polar surface area (TPSA) is 61.8 Å². The SMILES string of the molecule is CC(C)(C)[Si](C)(C)O[C@@H](COCc1ccccc1)COS(=O)(=O)C(F)(F)F. The molecule has 5 nitrogen and oxygen atoms in total. The minimum Gasteiger partial charge on any atom is -0.409 e. The maximum absolute atomic E-state index is 12.5. The summed E-state index contributed by atoms with van der Waals surface area (Å²) in [4.78, 5) is 0. The van der Waals surface area contributed by atoms with E-state index in [1.165, 1.54) is 0 Å². The van der Waals surface area contributed by atoms with E-state index in [1.54, 1.807) is 0 Å². The van der Waals surface area contributed by atoms with Crippen molar-refractivity contribution in [3.05, 3.63) is 35.9 Å². The van der Waals surface area contributed by atoms with Crippen molar-refractivity contribution in [1.82, 2.24) is 0 Å². The van der Waals surface area contributed by atoms with E-state index in [-0.39, 0.29) is 18.3 Å². The first-order valence-electron chi connectivity index (χ1n) is 8.41. The van der Waals surface area contributed by atoms with Gasteiger partial charge in [0.25, 0.3) is 0 Å². The van der Waals surface area contributed by atoms with Gasteiger partial charge in [0.1, 0.15) is 0 Å². The van der Waals surface area contributed by atoms with E-state index in [0.29, 0.717) is 0 Å². The molecular formula is C17H27F3O5SSi. The van der Waals surface area contributed by atoms with Crippen LogP contribution in [0.5, 0.6) is 0 Å². The molecule has 0 heterocycles. The van der Waals surface area contributed by atoms with Gasteiger partial charge in [-0.05, 0) is 23.7 Å². The second-order valence-corrected chi connectivity index (χ2v) is 14.0. The molecule has 1 atom stereocenters. The van der Waals surface area contributed by atoms with Crippen LogP contribution in [0.2, 0.25) is 18.1 Å². The Kier molecular flexibility index (Phi) is 8.07. The fourth-order valence-electron chi connectivity index (χ4n) is 1.82. The van der Waals surface area contributed by atoms with Crippen molar-refractivity contribution in [2.75, 3.05) is 13.2 Å². The molecule has 0 saturated carbocycles. The molecule has 0 fully saturated rings. The molecule has 10 heteroatoms. The zero-order valence-electron chi connectivity index (χ0n) is 16.2. The molecular weight excluding hydrogens is 401 g/mol. The Morgan fingerprint density at radius 3 is 2.07 bits per heavy atom. The first kappa shape index (κ1) is 24.1. The summed E-state index contributed by atoms with van der Waals surface area (Å²) in [5.41, 5.74) is -4.59. The van der Waals surface area contributed by atoms with Gasteiger partial charge in [0.2, 0.25) is 0 Å². The lowest BCUT2D eigenvalue weighted by molar-refractivity contribution is -0.0584. The van der Waals surface area contributed by atoms with Crippen LogP contribution in [0.1, 0.15) is 26.3 Å². The van der Waals surface area contributed by atoms with Gasteiger partial charge in [0.05, 0.1) is 25.9 Å². The number of benzene rings is 1. The van der Waals surface area contributed by atoms with Crippen molar-refractivity contribution in [2.24, 2.45) is 0 Å². The van der Waals surface area contributed by atoms with E-state index in [1.807, 2.05) is 64.2 Å². The first-order valence-corrected chi connectivity index (χ1v) is 12.7. The highest BCUT2D eigenvalue weighted by Crippen LogP contribution is 2.37. The molecule has 0 aliphatic carbocycles. The maximum Gasteiger partial charge on any atom is 0.523 e.